The Morgan fingerprint density at radius 2 is 0.797 bits per heavy atom. The van der Waals surface area contributed by atoms with Crippen molar-refractivity contribution in [3.8, 4) is 44.5 Å². The van der Waals surface area contributed by atoms with Gasteiger partial charge in [0.25, 0.3) is 0 Å². The first-order chi connectivity index (χ1) is 29.1. The van der Waals surface area contributed by atoms with Crippen LogP contribution >= 0.6 is 0 Å². The van der Waals surface area contributed by atoms with E-state index in [1.807, 2.05) is 67.6 Å². The summed E-state index contributed by atoms with van der Waals surface area (Å²) < 4.78 is 0. The van der Waals surface area contributed by atoms with Gasteiger partial charge in [0.15, 0.2) is 0 Å². The average molecular weight is 763 g/mol. The molecule has 7 heteroatoms. The number of benzene rings is 5. The lowest BCUT2D eigenvalue weighted by Crippen LogP contribution is -2.19. The van der Waals surface area contributed by atoms with Gasteiger partial charge in [0.1, 0.15) is 0 Å². The maximum atomic E-state index is 13.3. The Morgan fingerprint density at radius 3 is 1.20 bits per heavy atom. The second-order valence-corrected chi connectivity index (χ2v) is 14.6. The van der Waals surface area contributed by atoms with Crippen LogP contribution in [0.3, 0.4) is 0 Å². The Kier molecular flexibility index (Phi) is 9.08. The van der Waals surface area contributed by atoms with Crippen LogP contribution in [-0.4, -0.2) is 26.0 Å². The molecule has 0 radical (unpaired) electrons. The highest BCUT2D eigenvalue weighted by Crippen LogP contribution is 2.39. The van der Waals surface area contributed by atoms with Crippen LogP contribution in [0.15, 0.2) is 164 Å². The number of aryl methyl sites for hydroxylation is 1. The van der Waals surface area contributed by atoms with Crippen LogP contribution in [0.1, 0.15) is 28.3 Å². The molecule has 8 bridgehead atoms. The maximum absolute atomic E-state index is 13.3. The fraction of sp³-hybridized carbons (Fsp3) is 0.0192. The van der Waals surface area contributed by atoms with Crippen molar-refractivity contribution in [1.29, 1.82) is 0 Å². The highest BCUT2D eigenvalue weighted by molar-refractivity contribution is 6.03. The summed E-state index contributed by atoms with van der Waals surface area (Å²) in [5.41, 5.74) is 17.3. The van der Waals surface area contributed by atoms with E-state index < -0.39 is 0 Å². The molecule has 0 fully saturated rings. The summed E-state index contributed by atoms with van der Waals surface area (Å²) in [6.07, 6.45) is 8.40. The number of nitrogens with zero attached hydrogens (tertiary/aromatic N) is 2. The van der Waals surface area contributed by atoms with Gasteiger partial charge in [-0.15, -0.1) is 0 Å². The highest BCUT2D eigenvalue weighted by Gasteiger charge is 2.19. The van der Waals surface area contributed by atoms with E-state index in [2.05, 4.69) is 148 Å². The fourth-order valence-corrected chi connectivity index (χ4v) is 7.95. The lowest BCUT2D eigenvalue weighted by Gasteiger charge is -2.13. The first-order valence-electron chi connectivity index (χ1n) is 19.6. The smallest absolute Gasteiger partial charge is 0.323 e. The lowest BCUT2D eigenvalue weighted by atomic mass is 10.0. The normalized spacial score (nSPS) is 11.7. The zero-order valence-electron chi connectivity index (χ0n) is 32.2. The van der Waals surface area contributed by atoms with Crippen molar-refractivity contribution in [1.82, 2.24) is 19.9 Å². The van der Waals surface area contributed by atoms with Crippen LogP contribution < -0.4 is 10.6 Å². The summed E-state index contributed by atoms with van der Waals surface area (Å²) in [5, 5.41) is 6.04. The molecule has 0 atom stereocenters. The minimum atomic E-state index is -0.320. The van der Waals surface area contributed by atoms with Crippen molar-refractivity contribution in [3.05, 3.63) is 192 Å². The predicted octanol–water partition coefficient (Wildman–Crippen LogP) is 13.3. The summed E-state index contributed by atoms with van der Waals surface area (Å²) in [4.78, 5) is 31.7. The molecule has 59 heavy (non-hydrogen) atoms. The van der Waals surface area contributed by atoms with Gasteiger partial charge in [-0.25, -0.2) is 14.8 Å². The molecule has 3 aromatic heterocycles. The summed E-state index contributed by atoms with van der Waals surface area (Å²) >= 11 is 0. The van der Waals surface area contributed by atoms with E-state index in [0.29, 0.717) is 11.4 Å². The van der Waals surface area contributed by atoms with E-state index >= 15 is 0 Å². The molecule has 2 amide bonds. The molecule has 8 aromatic rings. The SMILES string of the molecule is Cc1ccc(-c2c3nc(c(-c4ccccc4)c4ccc([nH]4)c(-c4ccccc4)c4nc(c(-c5ccccc5)c5ccc2[nH]5)C=C4)C=C3)cc1NC(=O)Nc1ccccc1. The number of amides is 2. The first kappa shape index (κ1) is 35.4. The average Bonchev–Trinajstić information content (AvgIpc) is 4.12. The van der Waals surface area contributed by atoms with Gasteiger partial charge in [-0.2, -0.15) is 0 Å². The summed E-state index contributed by atoms with van der Waals surface area (Å²) in [7, 11) is 0. The van der Waals surface area contributed by atoms with E-state index in [0.717, 1.165) is 94.9 Å². The van der Waals surface area contributed by atoms with Gasteiger partial charge in [-0.1, -0.05) is 121 Å². The Morgan fingerprint density at radius 1 is 0.424 bits per heavy atom. The van der Waals surface area contributed by atoms with E-state index in [9.17, 15) is 4.79 Å². The number of aromatic nitrogens is 4. The molecule has 7 nitrogen and oxygen atoms in total. The third kappa shape index (κ3) is 6.91. The van der Waals surface area contributed by atoms with Crippen molar-refractivity contribution < 1.29 is 4.79 Å². The molecule has 0 unspecified atom stereocenters. The number of para-hydroxylation sites is 1. The molecule has 0 saturated heterocycles. The lowest BCUT2D eigenvalue weighted by molar-refractivity contribution is 0.262. The van der Waals surface area contributed by atoms with Crippen LogP contribution in [0.2, 0.25) is 0 Å². The van der Waals surface area contributed by atoms with E-state index in [1.54, 1.807) is 0 Å². The molecular formula is C52H38N6O. The number of carbonyl (C=O) groups excluding carboxylic acids is 1. The molecule has 0 spiro atoms. The molecule has 5 aromatic carbocycles. The number of H-pyrrole nitrogens is 2. The van der Waals surface area contributed by atoms with Crippen molar-refractivity contribution >= 4 is 63.8 Å². The van der Waals surface area contributed by atoms with Crippen LogP contribution in [-0.2, 0) is 0 Å². The van der Waals surface area contributed by atoms with Gasteiger partial charge in [-0.3, -0.25) is 0 Å². The van der Waals surface area contributed by atoms with E-state index in [4.69, 9.17) is 9.97 Å². The maximum Gasteiger partial charge on any atom is 0.323 e. The summed E-state index contributed by atoms with van der Waals surface area (Å²) in [6.45, 7) is 1.99. The van der Waals surface area contributed by atoms with Crippen LogP contribution in [0.25, 0.3) is 90.9 Å². The highest BCUT2D eigenvalue weighted by atomic mass is 16.2. The molecule has 4 N–H and O–H groups in total. The van der Waals surface area contributed by atoms with E-state index in [-0.39, 0.29) is 6.03 Å². The van der Waals surface area contributed by atoms with E-state index in [1.165, 1.54) is 0 Å². The third-order valence-electron chi connectivity index (χ3n) is 10.7. The quantitative estimate of drug-likeness (QED) is 0.136. The predicted molar refractivity (Wildman–Crippen MR) is 244 cm³/mol. The monoisotopic (exact) mass is 762 g/mol. The number of hydrogen-bond donors (Lipinski definition) is 4. The number of fused-ring (bicyclic) bond motifs is 8. The van der Waals surface area contributed by atoms with Crippen molar-refractivity contribution in [2.75, 3.05) is 10.6 Å². The molecule has 5 heterocycles. The standard InChI is InChI=1S/C52H38N6O/c1-33-22-23-37(32-47(33)58-52(59)53-38-20-12-5-13-21-38)51-45-30-28-43(56-45)49(35-16-8-3-9-17-35)41-26-24-39(54-41)48(34-14-6-2-7-15-34)40-25-27-42(55-40)50(36-18-10-4-11-19-36)44-29-31-46(51)57-44/h2-32,54,57H,1H3,(H2,53,58,59). The molecular weight excluding hydrogens is 725 g/mol. The molecule has 0 aliphatic carbocycles. The molecule has 0 saturated carbocycles. The number of hydrogen-bond acceptors (Lipinski definition) is 3. The van der Waals surface area contributed by atoms with Gasteiger partial charge in [-0.05, 0) is 102 Å². The van der Waals surface area contributed by atoms with Gasteiger partial charge in [0, 0.05) is 55.7 Å². The Hall–Kier alpha value is -8.03. The zero-order valence-corrected chi connectivity index (χ0v) is 32.2. The first-order valence-corrected chi connectivity index (χ1v) is 19.6. The molecule has 2 aliphatic heterocycles. The zero-order chi connectivity index (χ0) is 39.7. The van der Waals surface area contributed by atoms with Gasteiger partial charge < -0.3 is 20.6 Å². The third-order valence-corrected chi connectivity index (χ3v) is 10.7. The second-order valence-electron chi connectivity index (χ2n) is 14.6. The van der Waals surface area contributed by atoms with Crippen LogP contribution in [0.5, 0.6) is 0 Å². The van der Waals surface area contributed by atoms with Crippen molar-refractivity contribution in [2.45, 2.75) is 6.92 Å². The Labute approximate surface area is 341 Å². The molecule has 282 valence electrons. The molecule has 2 aliphatic rings. The summed E-state index contributed by atoms with van der Waals surface area (Å²) in [6, 6.07) is 55.0. The number of carbonyl (C=O) groups is 1. The number of anilines is 2. The van der Waals surface area contributed by atoms with Crippen LogP contribution in [0.4, 0.5) is 16.2 Å². The second kappa shape index (κ2) is 15.1. The number of urea groups is 1. The van der Waals surface area contributed by atoms with Crippen molar-refractivity contribution in [2.24, 2.45) is 0 Å². The van der Waals surface area contributed by atoms with Gasteiger partial charge >= 0.3 is 6.03 Å². The minimum absolute atomic E-state index is 0.320. The summed E-state index contributed by atoms with van der Waals surface area (Å²) in [5.74, 6) is 0. The van der Waals surface area contributed by atoms with Crippen LogP contribution in [0, 0.1) is 6.92 Å². The molecule has 10 rings (SSSR count). The van der Waals surface area contributed by atoms with Gasteiger partial charge in [0.2, 0.25) is 0 Å². The largest absolute Gasteiger partial charge is 0.354 e. The topological polar surface area (TPSA) is 98.5 Å². The minimum Gasteiger partial charge on any atom is -0.354 e. The Balaban J connectivity index is 1.28. The Bertz CT molecular complexity index is 3070. The van der Waals surface area contributed by atoms with Gasteiger partial charge in [0.05, 0.1) is 22.8 Å². The fourth-order valence-electron chi connectivity index (χ4n) is 7.95. The number of nitrogens with one attached hydrogen (secondary N) is 4. The van der Waals surface area contributed by atoms with Crippen molar-refractivity contribution in [3.63, 3.8) is 0 Å². The number of aromatic amines is 2. The number of rotatable bonds is 6.